The third kappa shape index (κ3) is 4.62. The zero-order valence-corrected chi connectivity index (χ0v) is 22.1. The van der Waals surface area contributed by atoms with Gasteiger partial charge < -0.3 is 0 Å². The Hall–Kier alpha value is -1.43. The van der Waals surface area contributed by atoms with Gasteiger partial charge in [-0.3, -0.25) is 0 Å². The first kappa shape index (κ1) is 23.7. The van der Waals surface area contributed by atoms with Crippen LogP contribution < -0.4 is 19.4 Å². The molecule has 1 aromatic carbocycles. The van der Waals surface area contributed by atoms with E-state index in [4.69, 9.17) is 18.3 Å². The fraction of sp³-hybridized carbons (Fsp3) is 0.500. The summed E-state index contributed by atoms with van der Waals surface area (Å²) in [6.45, 7) is 1.48. The van der Waals surface area contributed by atoms with E-state index < -0.39 is 56.9 Å². The second-order valence-electron chi connectivity index (χ2n) is 9.03. The summed E-state index contributed by atoms with van der Waals surface area (Å²) in [5.41, 5.74) is 0.578. The minimum absolute atomic E-state index is 0.0659. The maximum atomic E-state index is 13.2. The molecule has 32 heavy (non-hydrogen) atoms. The quantitative estimate of drug-likeness (QED) is 0.410. The molecule has 10 nitrogen and oxygen atoms in total. The molecule has 2 N–H and O–H groups in total. The van der Waals surface area contributed by atoms with Crippen LogP contribution >= 0.6 is 7.82 Å². The van der Waals surface area contributed by atoms with Gasteiger partial charge in [0.1, 0.15) is 0 Å². The molecule has 3 heterocycles. The zero-order chi connectivity index (χ0) is 23.3. The molecule has 12 heteroatoms. The van der Waals surface area contributed by atoms with Crippen LogP contribution in [0, 0.1) is 6.92 Å². The van der Waals surface area contributed by atoms with Crippen LogP contribution in [-0.4, -0.2) is 51.8 Å². The second kappa shape index (κ2) is 8.73. The van der Waals surface area contributed by atoms with Crippen molar-refractivity contribution in [3.63, 3.8) is 0 Å². The topological polar surface area (TPSA) is 129 Å². The summed E-state index contributed by atoms with van der Waals surface area (Å²) in [5, 5.41) is 9.80. The van der Waals surface area contributed by atoms with E-state index in [-0.39, 0.29) is 18.6 Å². The number of fused-ring (bicyclic) bond motifs is 1. The molecule has 174 valence electrons. The average molecular weight is 573 g/mol. The van der Waals surface area contributed by atoms with Gasteiger partial charge in [0.25, 0.3) is 0 Å². The molecule has 0 radical (unpaired) electrons. The minimum atomic E-state index is -3.97. The second-order valence-corrected chi connectivity index (χ2v) is 25.0. The SMILES string of the molecule is Cc1cccc2c1OP(=O)(O[C@H]1C[C@H](n3c[c]([Sn]([CH3])([CH3])[CH3])c(=O)[nH]c3=O)O[C@@H]1CO)OC2. The van der Waals surface area contributed by atoms with E-state index in [2.05, 4.69) is 19.8 Å². The Morgan fingerprint density at radius 2 is 2.06 bits per heavy atom. The van der Waals surface area contributed by atoms with Crippen molar-refractivity contribution < 1.29 is 28.0 Å². The maximum absolute atomic E-state index is 13.2. The van der Waals surface area contributed by atoms with E-state index in [1.165, 1.54) is 4.57 Å². The average Bonchev–Trinajstić information content (AvgIpc) is 3.09. The van der Waals surface area contributed by atoms with Crippen LogP contribution in [0.15, 0.2) is 34.0 Å². The number of nitrogens with one attached hydrogen (secondary N) is 1. The van der Waals surface area contributed by atoms with Gasteiger partial charge in [-0.15, -0.1) is 0 Å². The number of aliphatic hydroxyl groups excluding tert-OH is 1. The molecular weight excluding hydrogens is 546 g/mol. The van der Waals surface area contributed by atoms with Gasteiger partial charge in [-0.2, -0.15) is 0 Å². The Balaban J connectivity index is 1.58. The standard InChI is InChI=1S/C17H18N2O8P.3CH3.Sn/c1-10-3-2-4-11-9-24-28(23,27-16(10)11)26-12-7-15(25-13(12)8-20)19-6-5-14(21)18-17(19)22;;;;/h2-4,6,12-13,15,20H,7-9H2,1H3,(H,18,21,22);3*1H3;/t12-,13+,15+,28?;;;;/m0..../s1. The number of hydrogen-bond acceptors (Lipinski definition) is 8. The van der Waals surface area contributed by atoms with Gasteiger partial charge in [0.2, 0.25) is 0 Å². The summed E-state index contributed by atoms with van der Waals surface area (Å²) in [6.07, 6.45) is -0.834. The molecule has 0 saturated carbocycles. The normalized spacial score (nSPS) is 27.7. The summed E-state index contributed by atoms with van der Waals surface area (Å²) in [7, 11) is -3.97. The van der Waals surface area contributed by atoms with Gasteiger partial charge in [0, 0.05) is 0 Å². The molecule has 0 bridgehead atoms. The number of aliphatic hydroxyl groups is 1. The van der Waals surface area contributed by atoms with Gasteiger partial charge in [-0.1, -0.05) is 6.07 Å². The summed E-state index contributed by atoms with van der Waals surface area (Å²) >= 11 is -2.82. The summed E-state index contributed by atoms with van der Waals surface area (Å²) in [4.78, 5) is 33.3. The van der Waals surface area contributed by atoms with Gasteiger partial charge in [0.15, 0.2) is 0 Å². The van der Waals surface area contributed by atoms with Gasteiger partial charge >= 0.3 is 183 Å². The molecule has 4 rings (SSSR count). The summed E-state index contributed by atoms with van der Waals surface area (Å²) in [6, 6.07) is 5.50. The molecule has 0 spiro atoms. The number of rotatable bonds is 5. The van der Waals surface area contributed by atoms with Crippen molar-refractivity contribution >= 4 is 29.8 Å². The Morgan fingerprint density at radius 1 is 1.31 bits per heavy atom. The van der Waals surface area contributed by atoms with E-state index in [0.717, 1.165) is 11.1 Å². The first-order chi connectivity index (χ1) is 15.0. The van der Waals surface area contributed by atoms with E-state index in [1.807, 2.05) is 25.1 Å². The van der Waals surface area contributed by atoms with Crippen molar-refractivity contribution in [2.45, 2.75) is 53.2 Å². The fourth-order valence-electron chi connectivity index (χ4n) is 3.84. The van der Waals surface area contributed by atoms with E-state index in [1.54, 1.807) is 6.20 Å². The number of benzene rings is 1. The zero-order valence-electron chi connectivity index (χ0n) is 18.4. The first-order valence-electron chi connectivity index (χ1n) is 10.3. The number of phosphoric ester groups is 1. The molecule has 1 fully saturated rings. The number of ether oxygens (including phenoxy) is 1. The number of hydrogen-bond donors (Lipinski definition) is 2. The van der Waals surface area contributed by atoms with Crippen LogP contribution in [0.3, 0.4) is 0 Å². The van der Waals surface area contributed by atoms with Crippen LogP contribution in [-0.2, 0) is 25.0 Å². The van der Waals surface area contributed by atoms with Crippen LogP contribution in [0.2, 0.25) is 14.8 Å². The Kier molecular flexibility index (Phi) is 6.47. The number of aryl methyl sites for hydroxylation is 1. The van der Waals surface area contributed by atoms with Crippen molar-refractivity contribution in [3.05, 3.63) is 56.4 Å². The monoisotopic (exact) mass is 574 g/mol. The molecule has 4 atom stereocenters. The number of aromatic amines is 1. The van der Waals surface area contributed by atoms with Gasteiger partial charge in [-0.05, 0) is 0 Å². The third-order valence-corrected chi connectivity index (χ3v) is 12.6. The van der Waals surface area contributed by atoms with E-state index >= 15 is 0 Å². The van der Waals surface area contributed by atoms with Crippen molar-refractivity contribution in [2.75, 3.05) is 6.61 Å². The number of para-hydroxylation sites is 1. The van der Waals surface area contributed by atoms with Crippen molar-refractivity contribution in [1.29, 1.82) is 0 Å². The van der Waals surface area contributed by atoms with Crippen molar-refractivity contribution in [3.8, 4) is 5.75 Å². The van der Waals surface area contributed by atoms with Gasteiger partial charge in [0.05, 0.1) is 0 Å². The number of phosphoric acid groups is 1. The van der Waals surface area contributed by atoms with Crippen LogP contribution in [0.25, 0.3) is 0 Å². The molecular formula is C20H27N2O8PSn. The molecule has 1 aromatic heterocycles. The van der Waals surface area contributed by atoms with Crippen LogP contribution in [0.1, 0.15) is 23.8 Å². The Bertz CT molecular complexity index is 1190. The molecule has 2 aliphatic heterocycles. The van der Waals surface area contributed by atoms with Crippen molar-refractivity contribution in [1.82, 2.24) is 9.55 Å². The van der Waals surface area contributed by atoms with Crippen LogP contribution in [0.5, 0.6) is 5.75 Å². The molecule has 1 saturated heterocycles. The van der Waals surface area contributed by atoms with Gasteiger partial charge in [-0.25, -0.2) is 0 Å². The molecule has 2 aromatic rings. The number of aromatic nitrogens is 2. The van der Waals surface area contributed by atoms with E-state index in [9.17, 15) is 19.3 Å². The number of H-pyrrole nitrogens is 1. The predicted octanol–water partition coefficient (Wildman–Crippen LogP) is 1.77. The third-order valence-electron chi connectivity index (χ3n) is 5.59. The molecule has 2 aliphatic rings. The van der Waals surface area contributed by atoms with Crippen molar-refractivity contribution in [2.24, 2.45) is 0 Å². The predicted molar refractivity (Wildman–Crippen MR) is 119 cm³/mol. The molecule has 0 aliphatic carbocycles. The molecule has 0 amide bonds. The molecule has 1 unspecified atom stereocenters. The first-order valence-corrected chi connectivity index (χ1v) is 21.8. The van der Waals surface area contributed by atoms with Crippen LogP contribution in [0.4, 0.5) is 0 Å². The Morgan fingerprint density at radius 3 is 2.75 bits per heavy atom. The summed E-state index contributed by atoms with van der Waals surface area (Å²) in [5.74, 6) is 0.456. The van der Waals surface area contributed by atoms with E-state index in [0.29, 0.717) is 9.33 Å². The number of nitrogens with zero attached hydrogens (tertiary/aromatic N) is 1. The Labute approximate surface area is 189 Å². The summed E-state index contributed by atoms with van der Waals surface area (Å²) < 4.78 is 37.7. The fourth-order valence-corrected chi connectivity index (χ4v) is 8.96.